The first kappa shape index (κ1) is 72.1. The minimum Gasteiger partial charge on any atom is -0.462 e. The molecule has 0 bridgehead atoms. The molecule has 0 rings (SSSR count). The van der Waals surface area contributed by atoms with Crippen molar-refractivity contribution < 1.29 is 28.6 Å². The second kappa shape index (κ2) is 63.6. The van der Waals surface area contributed by atoms with Crippen molar-refractivity contribution in [1.29, 1.82) is 0 Å². The zero-order valence-electron chi connectivity index (χ0n) is 49.7. The van der Waals surface area contributed by atoms with E-state index in [1.807, 2.05) is 0 Å². The van der Waals surface area contributed by atoms with Gasteiger partial charge in [-0.05, 0) is 122 Å². The van der Waals surface area contributed by atoms with Gasteiger partial charge in [0.1, 0.15) is 13.2 Å². The Labute approximate surface area is 470 Å². The van der Waals surface area contributed by atoms with Crippen LogP contribution in [0.2, 0.25) is 0 Å². The van der Waals surface area contributed by atoms with Gasteiger partial charge in [0.25, 0.3) is 0 Å². The number of hydrogen-bond donors (Lipinski definition) is 0. The van der Waals surface area contributed by atoms with E-state index in [2.05, 4.69) is 130 Å². The lowest BCUT2D eigenvalue weighted by molar-refractivity contribution is -0.167. The topological polar surface area (TPSA) is 78.9 Å². The molecule has 0 aromatic carbocycles. The minimum atomic E-state index is -0.791. The van der Waals surface area contributed by atoms with Crippen LogP contribution in [0.5, 0.6) is 0 Å². The summed E-state index contributed by atoms with van der Waals surface area (Å²) in [7, 11) is 0. The minimum absolute atomic E-state index is 0.0868. The Hall–Kier alpha value is -3.93. The van der Waals surface area contributed by atoms with E-state index >= 15 is 0 Å². The lowest BCUT2D eigenvalue weighted by Crippen LogP contribution is -2.30. The second-order valence-electron chi connectivity index (χ2n) is 20.9. The zero-order chi connectivity index (χ0) is 55.0. The van der Waals surface area contributed by atoms with E-state index in [0.717, 1.165) is 135 Å². The van der Waals surface area contributed by atoms with Crippen molar-refractivity contribution in [2.75, 3.05) is 13.2 Å². The largest absolute Gasteiger partial charge is 0.462 e. The van der Waals surface area contributed by atoms with Crippen molar-refractivity contribution in [1.82, 2.24) is 0 Å². The maximum absolute atomic E-state index is 12.9. The number of esters is 3. The predicted molar refractivity (Wildman–Crippen MR) is 330 cm³/mol. The summed E-state index contributed by atoms with van der Waals surface area (Å²) in [5.74, 6) is -0.907. The van der Waals surface area contributed by atoms with E-state index in [9.17, 15) is 14.4 Å². The molecule has 0 aliphatic rings. The third kappa shape index (κ3) is 60.9. The van der Waals surface area contributed by atoms with E-state index < -0.39 is 6.10 Å². The van der Waals surface area contributed by atoms with Crippen molar-refractivity contribution in [3.63, 3.8) is 0 Å². The lowest BCUT2D eigenvalue weighted by Gasteiger charge is -2.18. The predicted octanol–water partition coefficient (Wildman–Crippen LogP) is 21.8. The molecule has 6 heteroatoms. The summed E-state index contributed by atoms with van der Waals surface area (Å²) in [5, 5.41) is 0. The quantitative estimate of drug-likeness (QED) is 0.0261. The van der Waals surface area contributed by atoms with Gasteiger partial charge in [0, 0.05) is 19.3 Å². The fraction of sp³-hybridized carbons (Fsp3) is 0.700. The van der Waals surface area contributed by atoms with Gasteiger partial charge in [-0.1, -0.05) is 265 Å². The average Bonchev–Trinajstić information content (AvgIpc) is 3.42. The number of allylic oxidation sites excluding steroid dienone is 18. The van der Waals surface area contributed by atoms with Crippen molar-refractivity contribution in [3.05, 3.63) is 109 Å². The molecule has 0 fully saturated rings. The van der Waals surface area contributed by atoms with Crippen molar-refractivity contribution >= 4 is 17.9 Å². The SMILES string of the molecule is CC/C=C\C/C=C\C/C=C\C/C=C\C/C=C\CCCCCCCCCCCCCCCCCC(=O)OCC(COC(=O)CCCCCCC/C=C\CCCCC)OC(=O)CCCCCCC/C=C\C/C=C\C/C=C\CC. The molecule has 0 amide bonds. The van der Waals surface area contributed by atoms with Gasteiger partial charge in [-0.3, -0.25) is 14.4 Å². The van der Waals surface area contributed by atoms with Gasteiger partial charge in [0.05, 0.1) is 0 Å². The van der Waals surface area contributed by atoms with E-state index in [4.69, 9.17) is 14.2 Å². The van der Waals surface area contributed by atoms with E-state index in [1.54, 1.807) is 0 Å². The first-order valence-electron chi connectivity index (χ1n) is 31.9. The van der Waals surface area contributed by atoms with Crippen LogP contribution < -0.4 is 0 Å². The van der Waals surface area contributed by atoms with Crippen LogP contribution in [0.25, 0.3) is 0 Å². The van der Waals surface area contributed by atoms with Gasteiger partial charge >= 0.3 is 17.9 Å². The summed E-state index contributed by atoms with van der Waals surface area (Å²) in [6.07, 6.45) is 86.8. The number of ether oxygens (including phenoxy) is 3. The average molecular weight is 1060 g/mol. The fourth-order valence-corrected chi connectivity index (χ4v) is 8.77. The molecule has 0 aromatic heterocycles. The molecule has 0 radical (unpaired) electrons. The van der Waals surface area contributed by atoms with Gasteiger partial charge < -0.3 is 14.2 Å². The Morgan fingerprint density at radius 1 is 0.276 bits per heavy atom. The summed E-state index contributed by atoms with van der Waals surface area (Å²) in [6, 6.07) is 0. The highest BCUT2D eigenvalue weighted by Gasteiger charge is 2.19. The second-order valence-corrected chi connectivity index (χ2v) is 20.9. The highest BCUT2D eigenvalue weighted by molar-refractivity contribution is 5.71. The van der Waals surface area contributed by atoms with Crippen LogP contribution in [0.15, 0.2) is 109 Å². The number of rotatable bonds is 57. The molecule has 0 saturated carbocycles. The summed E-state index contributed by atoms with van der Waals surface area (Å²) >= 11 is 0. The van der Waals surface area contributed by atoms with Crippen molar-refractivity contribution in [2.45, 2.75) is 303 Å². The third-order valence-corrected chi connectivity index (χ3v) is 13.5. The highest BCUT2D eigenvalue weighted by Crippen LogP contribution is 2.16. The van der Waals surface area contributed by atoms with Crippen molar-refractivity contribution in [2.24, 2.45) is 0 Å². The smallest absolute Gasteiger partial charge is 0.306 e. The standard InChI is InChI=1S/C70H118O6/c1-4-7-10-13-16-19-22-25-27-28-29-30-31-32-33-34-35-36-37-38-39-40-41-42-44-45-48-51-54-57-60-63-69(72)75-66-67(65-74-68(71)62-59-56-53-50-47-24-21-18-15-12-9-6-3)76-70(73)64-61-58-55-52-49-46-43-26-23-20-17-14-11-8-5-2/h7-8,10-11,16-21,25-27,29-30,32-33,43,67H,4-6,9,12-15,22-24,28,31,34-42,44-66H2,1-3H3/b10-7-,11-8-,19-16-,20-17-,21-18-,27-25-,30-29-,33-32-,43-26-. The van der Waals surface area contributed by atoms with E-state index in [-0.39, 0.29) is 31.1 Å². The van der Waals surface area contributed by atoms with Gasteiger partial charge in [-0.25, -0.2) is 0 Å². The van der Waals surface area contributed by atoms with Crippen LogP contribution in [0.4, 0.5) is 0 Å². The Bertz CT molecular complexity index is 1540. The molecule has 434 valence electrons. The number of carbonyl (C=O) groups excluding carboxylic acids is 3. The van der Waals surface area contributed by atoms with Crippen LogP contribution in [-0.2, 0) is 28.6 Å². The Morgan fingerprint density at radius 3 is 0.816 bits per heavy atom. The molecule has 1 unspecified atom stereocenters. The van der Waals surface area contributed by atoms with E-state index in [1.165, 1.54) is 122 Å². The maximum atomic E-state index is 12.9. The molecule has 0 N–H and O–H groups in total. The Balaban J connectivity index is 4.20. The molecular weight excluding hydrogens is 937 g/mol. The molecule has 6 nitrogen and oxygen atoms in total. The molecular formula is C70H118O6. The summed E-state index contributed by atoms with van der Waals surface area (Å²) in [6.45, 7) is 6.38. The van der Waals surface area contributed by atoms with Gasteiger partial charge in [-0.15, -0.1) is 0 Å². The Morgan fingerprint density at radius 2 is 0.513 bits per heavy atom. The van der Waals surface area contributed by atoms with Gasteiger partial charge in [0.15, 0.2) is 6.10 Å². The zero-order valence-corrected chi connectivity index (χ0v) is 49.7. The number of unbranched alkanes of at least 4 members (excludes halogenated alkanes) is 28. The first-order chi connectivity index (χ1) is 37.5. The van der Waals surface area contributed by atoms with Crippen LogP contribution in [0.1, 0.15) is 297 Å². The maximum Gasteiger partial charge on any atom is 0.306 e. The molecule has 0 spiro atoms. The molecule has 0 aliphatic heterocycles. The summed E-state index contributed by atoms with van der Waals surface area (Å²) in [4.78, 5) is 38.2. The summed E-state index contributed by atoms with van der Waals surface area (Å²) in [5.41, 5.74) is 0. The van der Waals surface area contributed by atoms with Crippen LogP contribution >= 0.6 is 0 Å². The molecule has 0 saturated heterocycles. The van der Waals surface area contributed by atoms with Crippen molar-refractivity contribution in [3.8, 4) is 0 Å². The molecule has 1 atom stereocenters. The van der Waals surface area contributed by atoms with Crippen LogP contribution in [0.3, 0.4) is 0 Å². The summed E-state index contributed by atoms with van der Waals surface area (Å²) < 4.78 is 16.9. The molecule has 0 aromatic rings. The Kier molecular flexibility index (Phi) is 60.3. The molecule has 0 aliphatic carbocycles. The number of hydrogen-bond acceptors (Lipinski definition) is 6. The lowest BCUT2D eigenvalue weighted by atomic mass is 10.0. The van der Waals surface area contributed by atoms with Crippen LogP contribution in [-0.4, -0.2) is 37.2 Å². The van der Waals surface area contributed by atoms with Gasteiger partial charge in [-0.2, -0.15) is 0 Å². The highest BCUT2D eigenvalue weighted by atomic mass is 16.6. The van der Waals surface area contributed by atoms with E-state index in [0.29, 0.717) is 19.3 Å². The normalized spacial score (nSPS) is 12.8. The molecule has 76 heavy (non-hydrogen) atoms. The van der Waals surface area contributed by atoms with Gasteiger partial charge in [0.2, 0.25) is 0 Å². The first-order valence-corrected chi connectivity index (χ1v) is 31.9. The third-order valence-electron chi connectivity index (χ3n) is 13.5. The number of carbonyl (C=O) groups is 3. The van der Waals surface area contributed by atoms with Crippen LogP contribution in [0, 0.1) is 0 Å². The molecule has 0 heterocycles. The monoisotopic (exact) mass is 1050 g/mol. The fourth-order valence-electron chi connectivity index (χ4n) is 8.77.